The molecule has 1 aromatic rings. The third-order valence-electron chi connectivity index (χ3n) is 4.29. The van der Waals surface area contributed by atoms with E-state index in [2.05, 4.69) is 30.3 Å². The standard InChI is InChI=1S/C21H36O2/c22-18-12-7-5-3-1-2-4-6-8-13-19-23-20-14-17-21-15-10-9-11-16-21/h9-11,15-16,22H,1-8,12-14,17-20H2. The maximum Gasteiger partial charge on any atom is 0.0469 e. The Morgan fingerprint density at radius 1 is 0.609 bits per heavy atom. The van der Waals surface area contributed by atoms with Crippen LogP contribution in [0.2, 0.25) is 0 Å². The Labute approximate surface area is 143 Å². The van der Waals surface area contributed by atoms with Crippen LogP contribution < -0.4 is 0 Å². The van der Waals surface area contributed by atoms with Crippen molar-refractivity contribution >= 4 is 0 Å². The van der Waals surface area contributed by atoms with Gasteiger partial charge in [-0.1, -0.05) is 81.7 Å². The second kappa shape index (κ2) is 16.0. The molecule has 0 aliphatic carbocycles. The van der Waals surface area contributed by atoms with Crippen molar-refractivity contribution < 1.29 is 9.84 Å². The summed E-state index contributed by atoms with van der Waals surface area (Å²) in [6.07, 6.45) is 15.0. The largest absolute Gasteiger partial charge is 0.396 e. The summed E-state index contributed by atoms with van der Waals surface area (Å²) in [5.74, 6) is 0. The van der Waals surface area contributed by atoms with Gasteiger partial charge >= 0.3 is 0 Å². The highest BCUT2D eigenvalue weighted by atomic mass is 16.5. The average Bonchev–Trinajstić information content (AvgIpc) is 2.59. The molecule has 0 aromatic heterocycles. The first kappa shape index (κ1) is 20.2. The highest BCUT2D eigenvalue weighted by molar-refractivity contribution is 5.14. The summed E-state index contributed by atoms with van der Waals surface area (Å²) in [5.41, 5.74) is 1.41. The van der Waals surface area contributed by atoms with Gasteiger partial charge in [0.15, 0.2) is 0 Å². The predicted molar refractivity (Wildman–Crippen MR) is 98.8 cm³/mol. The van der Waals surface area contributed by atoms with Crippen molar-refractivity contribution in [3.8, 4) is 0 Å². The SMILES string of the molecule is OCCCCCCCCCCCCOCCCc1ccccc1. The summed E-state index contributed by atoms with van der Waals surface area (Å²) in [4.78, 5) is 0. The van der Waals surface area contributed by atoms with Gasteiger partial charge in [-0.15, -0.1) is 0 Å². The first-order valence-corrected chi connectivity index (χ1v) is 9.66. The molecular weight excluding hydrogens is 284 g/mol. The molecule has 0 radical (unpaired) electrons. The lowest BCUT2D eigenvalue weighted by Crippen LogP contribution is -1.98. The quantitative estimate of drug-likeness (QED) is 0.406. The van der Waals surface area contributed by atoms with Crippen molar-refractivity contribution in [2.24, 2.45) is 0 Å². The normalized spacial score (nSPS) is 11.0. The van der Waals surface area contributed by atoms with Gasteiger partial charge in [0.1, 0.15) is 0 Å². The molecule has 0 saturated heterocycles. The lowest BCUT2D eigenvalue weighted by Gasteiger charge is -2.05. The van der Waals surface area contributed by atoms with Gasteiger partial charge in [0.2, 0.25) is 0 Å². The Kier molecular flexibility index (Phi) is 14.1. The van der Waals surface area contributed by atoms with Crippen LogP contribution in [0.3, 0.4) is 0 Å². The van der Waals surface area contributed by atoms with Crippen molar-refractivity contribution in [1.82, 2.24) is 0 Å². The van der Waals surface area contributed by atoms with Gasteiger partial charge in [-0.25, -0.2) is 0 Å². The van der Waals surface area contributed by atoms with Crippen LogP contribution in [0.15, 0.2) is 30.3 Å². The van der Waals surface area contributed by atoms with E-state index in [0.717, 1.165) is 32.5 Å². The highest BCUT2D eigenvalue weighted by Gasteiger charge is 1.95. The molecule has 0 amide bonds. The van der Waals surface area contributed by atoms with E-state index in [1.807, 2.05) is 0 Å². The summed E-state index contributed by atoms with van der Waals surface area (Å²) in [5, 5.41) is 8.70. The first-order chi connectivity index (χ1) is 11.4. The Bertz CT molecular complexity index is 337. The molecule has 132 valence electrons. The summed E-state index contributed by atoms with van der Waals surface area (Å²) in [6.45, 7) is 2.17. The van der Waals surface area contributed by atoms with Gasteiger partial charge in [-0.05, 0) is 31.2 Å². The van der Waals surface area contributed by atoms with E-state index in [1.165, 1.54) is 63.4 Å². The van der Waals surface area contributed by atoms with Crippen LogP contribution >= 0.6 is 0 Å². The Morgan fingerprint density at radius 3 is 1.74 bits per heavy atom. The lowest BCUT2D eigenvalue weighted by atomic mass is 10.1. The van der Waals surface area contributed by atoms with Crippen molar-refractivity contribution in [2.75, 3.05) is 19.8 Å². The zero-order valence-corrected chi connectivity index (χ0v) is 14.8. The summed E-state index contributed by atoms with van der Waals surface area (Å²) < 4.78 is 5.72. The fourth-order valence-electron chi connectivity index (χ4n) is 2.86. The third-order valence-corrected chi connectivity index (χ3v) is 4.29. The van der Waals surface area contributed by atoms with Crippen LogP contribution in [0.5, 0.6) is 0 Å². The zero-order valence-electron chi connectivity index (χ0n) is 14.8. The molecule has 0 spiro atoms. The van der Waals surface area contributed by atoms with Crippen molar-refractivity contribution in [3.05, 3.63) is 35.9 Å². The molecule has 0 saturated carbocycles. The van der Waals surface area contributed by atoms with E-state index in [0.29, 0.717) is 6.61 Å². The number of hydrogen-bond acceptors (Lipinski definition) is 2. The number of rotatable bonds is 16. The van der Waals surface area contributed by atoms with Crippen molar-refractivity contribution in [1.29, 1.82) is 0 Å². The van der Waals surface area contributed by atoms with Crippen LogP contribution in [0.4, 0.5) is 0 Å². The average molecular weight is 321 g/mol. The Morgan fingerprint density at radius 2 is 1.13 bits per heavy atom. The summed E-state index contributed by atoms with van der Waals surface area (Å²) in [6, 6.07) is 10.6. The monoisotopic (exact) mass is 320 g/mol. The second-order valence-corrected chi connectivity index (χ2v) is 6.46. The van der Waals surface area contributed by atoms with Gasteiger partial charge in [-0.3, -0.25) is 0 Å². The van der Waals surface area contributed by atoms with Gasteiger partial charge in [-0.2, -0.15) is 0 Å². The molecule has 0 heterocycles. The van der Waals surface area contributed by atoms with Crippen LogP contribution in [0.25, 0.3) is 0 Å². The minimum absolute atomic E-state index is 0.355. The van der Waals surface area contributed by atoms with Crippen molar-refractivity contribution in [2.45, 2.75) is 77.0 Å². The number of aryl methyl sites for hydroxylation is 1. The maximum absolute atomic E-state index is 8.70. The molecule has 23 heavy (non-hydrogen) atoms. The topological polar surface area (TPSA) is 29.5 Å². The van der Waals surface area contributed by atoms with Crippen LogP contribution in [0, 0.1) is 0 Å². The van der Waals surface area contributed by atoms with Crippen LogP contribution in [-0.2, 0) is 11.2 Å². The molecule has 1 aromatic carbocycles. The highest BCUT2D eigenvalue weighted by Crippen LogP contribution is 2.10. The summed E-state index contributed by atoms with van der Waals surface area (Å²) >= 11 is 0. The van der Waals surface area contributed by atoms with Crippen molar-refractivity contribution in [3.63, 3.8) is 0 Å². The fraction of sp³-hybridized carbons (Fsp3) is 0.714. The fourth-order valence-corrected chi connectivity index (χ4v) is 2.86. The number of hydrogen-bond donors (Lipinski definition) is 1. The molecule has 0 aliphatic rings. The molecule has 2 heteroatoms. The smallest absolute Gasteiger partial charge is 0.0469 e. The molecule has 0 aliphatic heterocycles. The van der Waals surface area contributed by atoms with Gasteiger partial charge < -0.3 is 9.84 Å². The van der Waals surface area contributed by atoms with E-state index in [1.54, 1.807) is 0 Å². The van der Waals surface area contributed by atoms with Gasteiger partial charge in [0.25, 0.3) is 0 Å². The predicted octanol–water partition coefficient (Wildman–Crippen LogP) is 5.53. The number of ether oxygens (including phenoxy) is 1. The molecule has 0 fully saturated rings. The molecule has 0 bridgehead atoms. The van der Waals surface area contributed by atoms with E-state index < -0.39 is 0 Å². The lowest BCUT2D eigenvalue weighted by molar-refractivity contribution is 0.127. The number of benzene rings is 1. The summed E-state index contributed by atoms with van der Waals surface area (Å²) in [7, 11) is 0. The van der Waals surface area contributed by atoms with Crippen LogP contribution in [0.1, 0.15) is 76.2 Å². The Hall–Kier alpha value is -0.860. The molecule has 0 atom stereocenters. The molecule has 1 rings (SSSR count). The molecular formula is C21H36O2. The maximum atomic E-state index is 8.70. The van der Waals surface area contributed by atoms with Crippen LogP contribution in [-0.4, -0.2) is 24.9 Å². The number of aliphatic hydroxyl groups is 1. The number of unbranched alkanes of at least 4 members (excludes halogenated alkanes) is 9. The van der Waals surface area contributed by atoms with E-state index in [9.17, 15) is 0 Å². The Balaban J connectivity index is 1.72. The minimum atomic E-state index is 0.355. The second-order valence-electron chi connectivity index (χ2n) is 6.46. The number of aliphatic hydroxyl groups excluding tert-OH is 1. The van der Waals surface area contributed by atoms with Gasteiger partial charge in [0, 0.05) is 19.8 Å². The third kappa shape index (κ3) is 13.3. The molecule has 1 N–H and O–H groups in total. The molecule has 0 unspecified atom stereocenters. The zero-order chi connectivity index (χ0) is 16.4. The van der Waals surface area contributed by atoms with E-state index >= 15 is 0 Å². The van der Waals surface area contributed by atoms with E-state index in [-0.39, 0.29) is 0 Å². The first-order valence-electron chi connectivity index (χ1n) is 9.66. The van der Waals surface area contributed by atoms with E-state index in [4.69, 9.17) is 9.84 Å². The minimum Gasteiger partial charge on any atom is -0.396 e. The van der Waals surface area contributed by atoms with Gasteiger partial charge in [0.05, 0.1) is 0 Å². The molecule has 2 nitrogen and oxygen atoms in total.